The van der Waals surface area contributed by atoms with Gasteiger partial charge in [0.05, 0.1) is 18.8 Å². The number of aromatic nitrogens is 3. The maximum atomic E-state index is 12.5. The van der Waals surface area contributed by atoms with Crippen molar-refractivity contribution in [3.63, 3.8) is 0 Å². The highest BCUT2D eigenvalue weighted by Crippen LogP contribution is 2.22. The van der Waals surface area contributed by atoms with Gasteiger partial charge in [0.1, 0.15) is 11.4 Å². The minimum absolute atomic E-state index is 0.0732. The molecule has 0 radical (unpaired) electrons. The zero-order valence-electron chi connectivity index (χ0n) is 13.5. The summed E-state index contributed by atoms with van der Waals surface area (Å²) in [6.07, 6.45) is 2.53. The second-order valence-corrected chi connectivity index (χ2v) is 5.45. The molecule has 1 atom stereocenters. The lowest BCUT2D eigenvalue weighted by molar-refractivity contribution is 0.0929. The Balaban J connectivity index is 1.83. The number of aryl methyl sites for hydroxylation is 1. The van der Waals surface area contributed by atoms with Crippen molar-refractivity contribution in [1.29, 1.82) is 0 Å². The maximum absolute atomic E-state index is 12.5. The van der Waals surface area contributed by atoms with Gasteiger partial charge in [-0.05, 0) is 36.8 Å². The van der Waals surface area contributed by atoms with E-state index in [-0.39, 0.29) is 11.9 Å². The smallest absolute Gasteiger partial charge is 0.268 e. The van der Waals surface area contributed by atoms with E-state index in [0.717, 1.165) is 28.8 Å². The van der Waals surface area contributed by atoms with E-state index in [9.17, 15) is 4.79 Å². The van der Waals surface area contributed by atoms with Crippen LogP contribution in [0.4, 0.5) is 0 Å². The van der Waals surface area contributed by atoms with Crippen LogP contribution in [-0.4, -0.2) is 27.8 Å². The highest BCUT2D eigenvalue weighted by atomic mass is 16.5. The lowest BCUT2D eigenvalue weighted by atomic mass is 10.1. The molecule has 1 amide bonds. The fourth-order valence-corrected chi connectivity index (χ4v) is 2.71. The zero-order valence-corrected chi connectivity index (χ0v) is 13.5. The van der Waals surface area contributed by atoms with Gasteiger partial charge in [-0.2, -0.15) is 5.10 Å². The van der Waals surface area contributed by atoms with Gasteiger partial charge in [-0.3, -0.25) is 9.48 Å². The number of carbonyl (C=O) groups is 1. The third-order valence-corrected chi connectivity index (χ3v) is 4.00. The van der Waals surface area contributed by atoms with Crippen molar-refractivity contribution in [3.05, 3.63) is 47.9 Å². The maximum Gasteiger partial charge on any atom is 0.268 e. The van der Waals surface area contributed by atoms with Gasteiger partial charge in [0.2, 0.25) is 0 Å². The number of aromatic amines is 1. The van der Waals surface area contributed by atoms with Crippen molar-refractivity contribution in [2.45, 2.75) is 19.4 Å². The predicted molar refractivity (Wildman–Crippen MR) is 88.6 cm³/mol. The van der Waals surface area contributed by atoms with Gasteiger partial charge in [-0.15, -0.1) is 0 Å². The molecule has 0 aliphatic rings. The van der Waals surface area contributed by atoms with Gasteiger partial charge in [-0.25, -0.2) is 0 Å². The van der Waals surface area contributed by atoms with E-state index >= 15 is 0 Å². The molecule has 2 N–H and O–H groups in total. The number of nitrogens with one attached hydrogen (secondary N) is 2. The molecule has 3 aromatic rings. The van der Waals surface area contributed by atoms with Gasteiger partial charge >= 0.3 is 0 Å². The molecule has 120 valence electrons. The minimum atomic E-state index is -0.131. The van der Waals surface area contributed by atoms with Crippen molar-refractivity contribution >= 4 is 16.8 Å². The Morgan fingerprint density at radius 2 is 2.22 bits per heavy atom. The van der Waals surface area contributed by atoms with Crippen LogP contribution in [0.2, 0.25) is 0 Å². The van der Waals surface area contributed by atoms with Crippen molar-refractivity contribution in [2.24, 2.45) is 7.05 Å². The number of hydrogen-bond donors (Lipinski definition) is 2. The molecule has 1 aromatic carbocycles. The number of amides is 1. The Hall–Kier alpha value is -2.76. The van der Waals surface area contributed by atoms with Crippen LogP contribution in [0, 0.1) is 0 Å². The van der Waals surface area contributed by atoms with Crippen molar-refractivity contribution in [3.8, 4) is 5.75 Å². The monoisotopic (exact) mass is 312 g/mol. The summed E-state index contributed by atoms with van der Waals surface area (Å²) in [5, 5.41) is 8.16. The molecule has 0 aliphatic heterocycles. The molecule has 0 spiro atoms. The highest BCUT2D eigenvalue weighted by Gasteiger charge is 2.18. The first kappa shape index (κ1) is 15.1. The number of benzene rings is 1. The predicted octanol–water partition coefficient (Wildman–Crippen LogP) is 2.79. The Labute approximate surface area is 134 Å². The number of H-pyrrole nitrogens is 1. The molecule has 0 aliphatic carbocycles. The third kappa shape index (κ3) is 2.92. The lowest BCUT2D eigenvalue weighted by Gasteiger charge is -2.16. The van der Waals surface area contributed by atoms with E-state index < -0.39 is 0 Å². The van der Waals surface area contributed by atoms with E-state index in [1.807, 2.05) is 44.3 Å². The van der Waals surface area contributed by atoms with Crippen LogP contribution in [0.15, 0.2) is 36.5 Å². The Morgan fingerprint density at radius 1 is 1.39 bits per heavy atom. The van der Waals surface area contributed by atoms with Crippen molar-refractivity contribution in [1.82, 2.24) is 20.1 Å². The third-order valence-electron chi connectivity index (χ3n) is 4.00. The topological polar surface area (TPSA) is 71.9 Å². The average molecular weight is 312 g/mol. The highest BCUT2D eigenvalue weighted by molar-refractivity contribution is 5.98. The second-order valence-electron chi connectivity index (χ2n) is 5.45. The summed E-state index contributed by atoms with van der Waals surface area (Å²) in [7, 11) is 3.50. The molecule has 2 heterocycles. The molecule has 3 rings (SSSR count). The molecule has 23 heavy (non-hydrogen) atoms. The molecule has 1 unspecified atom stereocenters. The largest absolute Gasteiger partial charge is 0.497 e. The van der Waals surface area contributed by atoms with E-state index in [1.165, 1.54) is 0 Å². The molecule has 6 heteroatoms. The summed E-state index contributed by atoms with van der Waals surface area (Å²) in [5.74, 6) is 0.637. The Morgan fingerprint density at radius 3 is 2.87 bits per heavy atom. The van der Waals surface area contributed by atoms with Gasteiger partial charge in [0.25, 0.3) is 5.91 Å². The number of ether oxygens (including phenoxy) is 1. The minimum Gasteiger partial charge on any atom is -0.497 e. The van der Waals surface area contributed by atoms with Crippen LogP contribution in [0.5, 0.6) is 5.75 Å². The zero-order chi connectivity index (χ0) is 16.4. The van der Waals surface area contributed by atoms with Crippen LogP contribution in [0.3, 0.4) is 0 Å². The first-order valence-corrected chi connectivity index (χ1v) is 7.58. The summed E-state index contributed by atoms with van der Waals surface area (Å²) < 4.78 is 6.99. The van der Waals surface area contributed by atoms with Crippen LogP contribution in [-0.2, 0) is 7.05 Å². The summed E-state index contributed by atoms with van der Waals surface area (Å²) in [6.45, 7) is 2.04. The molecule has 0 saturated heterocycles. The number of carbonyl (C=O) groups excluding carboxylic acids is 1. The van der Waals surface area contributed by atoms with Crippen molar-refractivity contribution in [2.75, 3.05) is 7.11 Å². The first-order chi connectivity index (χ1) is 11.1. The standard InChI is InChI=1S/C17H20N4O2/c1-4-13(16-7-8-18-21(16)2)20-17(22)15-10-11-9-12(23-3)5-6-14(11)19-15/h5-10,13,19H,4H2,1-3H3,(H,20,22). The second kappa shape index (κ2) is 6.16. The molecule has 0 fully saturated rings. The van der Waals surface area contributed by atoms with Gasteiger partial charge in [-0.1, -0.05) is 6.92 Å². The molecular weight excluding hydrogens is 292 g/mol. The fraction of sp³-hybridized carbons (Fsp3) is 0.294. The lowest BCUT2D eigenvalue weighted by Crippen LogP contribution is -2.29. The summed E-state index contributed by atoms with van der Waals surface area (Å²) >= 11 is 0. The molecule has 0 bridgehead atoms. The average Bonchev–Trinajstić information content (AvgIpc) is 3.17. The summed E-state index contributed by atoms with van der Waals surface area (Å²) in [5.41, 5.74) is 2.43. The first-order valence-electron chi connectivity index (χ1n) is 7.58. The fourth-order valence-electron chi connectivity index (χ4n) is 2.71. The van der Waals surface area contributed by atoms with Crippen LogP contribution < -0.4 is 10.1 Å². The van der Waals surface area contributed by atoms with Gasteiger partial charge in [0, 0.05) is 24.1 Å². The number of fused-ring (bicyclic) bond motifs is 1. The quantitative estimate of drug-likeness (QED) is 0.761. The van der Waals surface area contributed by atoms with Crippen LogP contribution in [0.1, 0.15) is 35.6 Å². The SMILES string of the molecule is CCC(NC(=O)c1cc2cc(OC)ccc2[nH]1)c1ccnn1C. The number of nitrogens with zero attached hydrogens (tertiary/aromatic N) is 2. The van der Waals surface area contributed by atoms with Crippen molar-refractivity contribution < 1.29 is 9.53 Å². The summed E-state index contributed by atoms with van der Waals surface area (Å²) in [4.78, 5) is 15.7. The summed E-state index contributed by atoms with van der Waals surface area (Å²) in [6, 6.07) is 9.36. The molecule has 2 aromatic heterocycles. The van der Waals surface area contributed by atoms with E-state index in [1.54, 1.807) is 18.0 Å². The normalized spacial score (nSPS) is 12.3. The molecule has 6 nitrogen and oxygen atoms in total. The van der Waals surface area contributed by atoms with Gasteiger partial charge in [0.15, 0.2) is 0 Å². The van der Waals surface area contributed by atoms with E-state index in [2.05, 4.69) is 15.4 Å². The van der Waals surface area contributed by atoms with E-state index in [4.69, 9.17) is 4.74 Å². The van der Waals surface area contributed by atoms with Crippen LogP contribution in [0.25, 0.3) is 10.9 Å². The number of methoxy groups -OCH3 is 1. The molecular formula is C17H20N4O2. The number of hydrogen-bond acceptors (Lipinski definition) is 3. The van der Waals surface area contributed by atoms with E-state index in [0.29, 0.717) is 5.69 Å². The van der Waals surface area contributed by atoms with Gasteiger partial charge < -0.3 is 15.0 Å². The Bertz CT molecular complexity index is 834. The van der Waals surface area contributed by atoms with Crippen LogP contribution >= 0.6 is 0 Å². The molecule has 0 saturated carbocycles. The number of rotatable bonds is 5. The Kier molecular flexibility index (Phi) is 4.06.